The number of hydrogen-bond acceptors (Lipinski definition) is 5. The second kappa shape index (κ2) is 5.44. The van der Waals surface area contributed by atoms with Crippen molar-refractivity contribution in [3.8, 4) is 5.75 Å². The molecule has 114 valence electrons. The zero-order chi connectivity index (χ0) is 15.8. The summed E-state index contributed by atoms with van der Waals surface area (Å²) in [6.45, 7) is 1.58. The minimum Gasteiger partial charge on any atom is -0.488 e. The lowest BCUT2D eigenvalue weighted by molar-refractivity contribution is -0.147. The Labute approximate surface area is 121 Å². The quantitative estimate of drug-likeness (QED) is 0.857. The topological polar surface area (TPSA) is 68.5 Å². The van der Waals surface area contributed by atoms with E-state index in [0.29, 0.717) is 0 Å². The average Bonchev–Trinajstić information content (AvgIpc) is 2.82. The summed E-state index contributed by atoms with van der Waals surface area (Å²) in [6.07, 6.45) is -3.83. The number of nitrogens with one attached hydrogen (secondary N) is 1. The smallest absolute Gasteiger partial charge is 0.415 e. The maximum Gasteiger partial charge on any atom is 0.415 e. The molecule has 0 unspecified atom stereocenters. The SMILES string of the molecule is CCOc1c(N[C@@H](c2cc(Cl)co2)C(F)(F)F)c(=O)c1=O. The number of furan rings is 1. The van der Waals surface area contributed by atoms with Crippen molar-refractivity contribution in [2.45, 2.75) is 19.1 Å². The van der Waals surface area contributed by atoms with E-state index in [1.54, 1.807) is 0 Å². The molecule has 2 aromatic rings. The standard InChI is InChI=1S/C12H9ClF3NO4/c1-2-20-10-7(8(18)9(10)19)17-11(12(14,15)16)6-3-5(13)4-21-6/h3-4,11,17H,2H2,1H3/t11-/m0/s1. The first-order valence-electron chi connectivity index (χ1n) is 5.79. The molecule has 0 aliphatic heterocycles. The molecule has 0 spiro atoms. The number of halogens is 4. The number of hydrogen-bond donors (Lipinski definition) is 1. The summed E-state index contributed by atoms with van der Waals surface area (Å²) >= 11 is 5.52. The van der Waals surface area contributed by atoms with Gasteiger partial charge in [-0.05, 0) is 6.92 Å². The van der Waals surface area contributed by atoms with Gasteiger partial charge >= 0.3 is 6.18 Å². The Morgan fingerprint density at radius 1 is 1.38 bits per heavy atom. The summed E-state index contributed by atoms with van der Waals surface area (Å²) in [5.41, 5.74) is -2.54. The Kier molecular flexibility index (Phi) is 3.99. The van der Waals surface area contributed by atoms with Gasteiger partial charge in [-0.2, -0.15) is 13.2 Å². The van der Waals surface area contributed by atoms with Gasteiger partial charge in [0.05, 0.1) is 11.6 Å². The van der Waals surface area contributed by atoms with Crippen LogP contribution in [0, 0.1) is 0 Å². The summed E-state index contributed by atoms with van der Waals surface area (Å²) in [4.78, 5) is 22.6. The highest BCUT2D eigenvalue weighted by Gasteiger charge is 2.44. The molecular weight excluding hydrogens is 315 g/mol. The molecule has 9 heteroatoms. The third-order valence-electron chi connectivity index (χ3n) is 2.64. The predicted molar refractivity (Wildman–Crippen MR) is 68.7 cm³/mol. The summed E-state index contributed by atoms with van der Waals surface area (Å²) in [5.74, 6) is -0.933. The van der Waals surface area contributed by atoms with E-state index < -0.39 is 40.3 Å². The number of ether oxygens (including phenoxy) is 1. The first-order valence-corrected chi connectivity index (χ1v) is 6.16. The largest absolute Gasteiger partial charge is 0.488 e. The van der Waals surface area contributed by atoms with Crippen LogP contribution in [0.2, 0.25) is 5.02 Å². The molecule has 1 aromatic heterocycles. The first kappa shape index (κ1) is 15.4. The van der Waals surface area contributed by atoms with E-state index in [4.69, 9.17) is 20.8 Å². The van der Waals surface area contributed by atoms with Crippen LogP contribution in [0.1, 0.15) is 18.7 Å². The van der Waals surface area contributed by atoms with E-state index in [0.717, 1.165) is 12.3 Å². The van der Waals surface area contributed by atoms with E-state index in [2.05, 4.69) is 0 Å². The fourth-order valence-electron chi connectivity index (χ4n) is 1.72. The Hall–Kier alpha value is -1.96. The molecule has 0 saturated heterocycles. The molecule has 0 aliphatic carbocycles. The van der Waals surface area contributed by atoms with Crippen molar-refractivity contribution in [3.05, 3.63) is 43.6 Å². The molecule has 21 heavy (non-hydrogen) atoms. The van der Waals surface area contributed by atoms with Crippen LogP contribution in [-0.4, -0.2) is 12.8 Å². The van der Waals surface area contributed by atoms with E-state index >= 15 is 0 Å². The van der Waals surface area contributed by atoms with Crippen molar-refractivity contribution in [3.63, 3.8) is 0 Å². The molecule has 5 nitrogen and oxygen atoms in total. The highest BCUT2D eigenvalue weighted by molar-refractivity contribution is 6.30. The summed E-state index contributed by atoms with van der Waals surface area (Å²) in [5, 5.41) is 1.93. The van der Waals surface area contributed by atoms with E-state index in [1.165, 1.54) is 6.92 Å². The lowest BCUT2D eigenvalue weighted by Crippen LogP contribution is -2.39. The van der Waals surface area contributed by atoms with Crippen molar-refractivity contribution in [2.24, 2.45) is 0 Å². The number of anilines is 1. The molecule has 0 radical (unpaired) electrons. The van der Waals surface area contributed by atoms with E-state index in [9.17, 15) is 22.8 Å². The molecule has 0 aliphatic rings. The van der Waals surface area contributed by atoms with Crippen LogP contribution in [0.3, 0.4) is 0 Å². The molecule has 1 N–H and O–H groups in total. The molecule has 2 rings (SSSR count). The van der Waals surface area contributed by atoms with Crippen LogP contribution in [0.4, 0.5) is 18.9 Å². The zero-order valence-electron chi connectivity index (χ0n) is 10.6. The van der Waals surface area contributed by atoms with Crippen LogP contribution in [0.5, 0.6) is 5.75 Å². The van der Waals surface area contributed by atoms with Crippen LogP contribution >= 0.6 is 11.6 Å². The van der Waals surface area contributed by atoms with Gasteiger partial charge in [-0.3, -0.25) is 9.59 Å². The van der Waals surface area contributed by atoms with Gasteiger partial charge in [-0.15, -0.1) is 0 Å². The summed E-state index contributed by atoms with van der Waals surface area (Å²) in [6, 6.07) is -1.34. The number of rotatable bonds is 5. The summed E-state index contributed by atoms with van der Waals surface area (Å²) < 4.78 is 48.7. The van der Waals surface area contributed by atoms with Crippen molar-refractivity contribution >= 4 is 17.3 Å². The van der Waals surface area contributed by atoms with Gasteiger partial charge in [0, 0.05) is 6.07 Å². The fourth-order valence-corrected chi connectivity index (χ4v) is 1.87. The van der Waals surface area contributed by atoms with Crippen molar-refractivity contribution in [1.82, 2.24) is 0 Å². The molecule has 0 saturated carbocycles. The first-order chi connectivity index (χ1) is 9.75. The zero-order valence-corrected chi connectivity index (χ0v) is 11.3. The average molecular weight is 324 g/mol. The van der Waals surface area contributed by atoms with Crippen LogP contribution in [0.25, 0.3) is 0 Å². The third kappa shape index (κ3) is 2.90. The Morgan fingerprint density at radius 2 is 2.05 bits per heavy atom. The highest BCUT2D eigenvalue weighted by atomic mass is 35.5. The Bertz CT molecular complexity index is 715. The van der Waals surface area contributed by atoms with Gasteiger partial charge in [0.2, 0.25) is 0 Å². The second-order valence-electron chi connectivity index (χ2n) is 4.08. The van der Waals surface area contributed by atoms with Crippen molar-refractivity contribution in [2.75, 3.05) is 11.9 Å². The minimum absolute atomic E-state index is 0.0175. The normalized spacial score (nSPS) is 13.4. The van der Waals surface area contributed by atoms with Crippen molar-refractivity contribution < 1.29 is 22.3 Å². The van der Waals surface area contributed by atoms with Gasteiger partial charge in [-0.1, -0.05) is 11.6 Å². The van der Waals surface area contributed by atoms with Gasteiger partial charge in [0.25, 0.3) is 10.9 Å². The van der Waals surface area contributed by atoms with Crippen LogP contribution in [0.15, 0.2) is 26.3 Å². The summed E-state index contributed by atoms with van der Waals surface area (Å²) in [7, 11) is 0. The third-order valence-corrected chi connectivity index (χ3v) is 2.84. The molecular formula is C12H9ClF3NO4. The fraction of sp³-hybridized carbons (Fsp3) is 0.333. The van der Waals surface area contributed by atoms with Crippen molar-refractivity contribution in [1.29, 1.82) is 0 Å². The molecule has 0 bridgehead atoms. The molecule has 0 fully saturated rings. The predicted octanol–water partition coefficient (Wildman–Crippen LogP) is 2.64. The molecule has 1 atom stereocenters. The Balaban J connectivity index is 2.35. The van der Waals surface area contributed by atoms with Crippen LogP contribution < -0.4 is 20.9 Å². The van der Waals surface area contributed by atoms with Gasteiger partial charge < -0.3 is 14.5 Å². The lowest BCUT2D eigenvalue weighted by Gasteiger charge is -2.22. The monoisotopic (exact) mass is 323 g/mol. The minimum atomic E-state index is -4.76. The van der Waals surface area contributed by atoms with Gasteiger partial charge in [-0.25, -0.2) is 0 Å². The maximum atomic E-state index is 13.0. The van der Waals surface area contributed by atoms with E-state index in [-0.39, 0.29) is 11.6 Å². The van der Waals surface area contributed by atoms with Gasteiger partial charge in [0.15, 0.2) is 11.8 Å². The molecule has 0 amide bonds. The lowest BCUT2D eigenvalue weighted by atomic mass is 10.1. The van der Waals surface area contributed by atoms with E-state index in [1.807, 2.05) is 5.32 Å². The Morgan fingerprint density at radius 3 is 2.52 bits per heavy atom. The highest BCUT2D eigenvalue weighted by Crippen LogP contribution is 2.38. The molecule has 1 heterocycles. The maximum absolute atomic E-state index is 13.0. The van der Waals surface area contributed by atoms with Crippen LogP contribution in [-0.2, 0) is 0 Å². The number of alkyl halides is 3. The second-order valence-corrected chi connectivity index (χ2v) is 4.52. The van der Waals surface area contributed by atoms with Gasteiger partial charge in [0.1, 0.15) is 17.7 Å². The molecule has 1 aromatic carbocycles.